The second-order valence-electron chi connectivity index (χ2n) is 7.41. The van der Waals surface area contributed by atoms with Gasteiger partial charge in [-0.25, -0.2) is 0 Å². The molecule has 2 aromatic carbocycles. The number of methoxy groups -OCH3 is 1. The highest BCUT2D eigenvalue weighted by molar-refractivity contribution is 7.99. The van der Waals surface area contributed by atoms with Crippen LogP contribution in [0.3, 0.4) is 0 Å². The molecule has 0 saturated heterocycles. The van der Waals surface area contributed by atoms with Crippen LogP contribution in [0.1, 0.15) is 42.5 Å². The highest BCUT2D eigenvalue weighted by Gasteiger charge is 2.16. The van der Waals surface area contributed by atoms with E-state index < -0.39 is 0 Å². The summed E-state index contributed by atoms with van der Waals surface area (Å²) < 4.78 is 10.8. The van der Waals surface area contributed by atoms with Gasteiger partial charge < -0.3 is 14.5 Å². The Morgan fingerprint density at radius 2 is 1.90 bits per heavy atom. The maximum absolute atomic E-state index is 12.4. The van der Waals surface area contributed by atoms with E-state index in [0.29, 0.717) is 11.1 Å². The number of thioether (sulfide) groups is 1. The van der Waals surface area contributed by atoms with Crippen LogP contribution < -0.4 is 10.1 Å². The van der Waals surface area contributed by atoms with Gasteiger partial charge >= 0.3 is 0 Å². The zero-order valence-corrected chi connectivity index (χ0v) is 18.0. The number of ether oxygens (including phenoxy) is 1. The molecule has 0 radical (unpaired) electrons. The van der Waals surface area contributed by atoms with Crippen LogP contribution >= 0.6 is 11.8 Å². The third-order valence-electron chi connectivity index (χ3n) is 5.32. The van der Waals surface area contributed by atoms with Crippen LogP contribution in [0.2, 0.25) is 0 Å². The Morgan fingerprint density at radius 1 is 1.13 bits per heavy atom. The number of nitrogens with zero attached hydrogens (tertiary/aromatic N) is 2. The lowest BCUT2D eigenvalue weighted by Crippen LogP contribution is -2.28. The number of hydrogen-bond acceptors (Lipinski definition) is 6. The predicted molar refractivity (Wildman–Crippen MR) is 117 cm³/mol. The minimum atomic E-state index is -0.0607. The second-order valence-corrected chi connectivity index (χ2v) is 8.34. The van der Waals surface area contributed by atoms with Gasteiger partial charge in [-0.2, -0.15) is 0 Å². The molecular weight excluding hydrogens is 398 g/mol. The molecule has 1 aromatic heterocycles. The molecule has 156 valence electrons. The van der Waals surface area contributed by atoms with Gasteiger partial charge in [-0.05, 0) is 73.6 Å². The van der Waals surface area contributed by atoms with E-state index in [0.717, 1.165) is 29.7 Å². The lowest BCUT2D eigenvalue weighted by atomic mass is 9.89. The zero-order chi connectivity index (χ0) is 20.9. The van der Waals surface area contributed by atoms with Crippen molar-refractivity contribution in [3.63, 3.8) is 0 Å². The number of nitrogens with one attached hydrogen (secondary N) is 1. The van der Waals surface area contributed by atoms with Gasteiger partial charge in [0.15, 0.2) is 0 Å². The summed E-state index contributed by atoms with van der Waals surface area (Å²) >= 11 is 1.23. The standard InChI is InChI=1S/C23H25N3O3S/c1-15(18-8-7-16-5-3-4-6-19(16)13-18)24-21(27)14-30-23-26-25-22(29-23)17-9-11-20(28-2)12-10-17/h7-13,15H,3-6,14H2,1-2H3,(H,24,27)/t15-/m0/s1. The average Bonchev–Trinajstić information content (AvgIpc) is 3.26. The summed E-state index contributed by atoms with van der Waals surface area (Å²) in [6.45, 7) is 2.02. The first-order valence-electron chi connectivity index (χ1n) is 10.1. The molecule has 0 aliphatic heterocycles. The maximum atomic E-state index is 12.4. The van der Waals surface area contributed by atoms with Crippen LogP contribution in [0, 0.1) is 0 Å². The van der Waals surface area contributed by atoms with Crippen LogP contribution in [0.4, 0.5) is 0 Å². The molecule has 0 saturated carbocycles. The second kappa shape index (κ2) is 9.34. The quantitative estimate of drug-likeness (QED) is 0.560. The molecule has 7 heteroatoms. The number of carbonyl (C=O) groups is 1. The maximum Gasteiger partial charge on any atom is 0.277 e. The Labute approximate surface area is 180 Å². The summed E-state index contributed by atoms with van der Waals surface area (Å²) in [5.74, 6) is 1.34. The topological polar surface area (TPSA) is 77.2 Å². The Balaban J connectivity index is 1.31. The van der Waals surface area contributed by atoms with Gasteiger partial charge in [0.05, 0.1) is 18.9 Å². The van der Waals surface area contributed by atoms with E-state index in [1.165, 1.54) is 35.7 Å². The molecule has 1 N–H and O–H groups in total. The van der Waals surface area contributed by atoms with Crippen molar-refractivity contribution < 1.29 is 13.9 Å². The number of fused-ring (bicyclic) bond motifs is 1. The molecule has 1 amide bonds. The molecule has 0 unspecified atom stereocenters. The van der Waals surface area contributed by atoms with Crippen molar-refractivity contribution in [3.05, 3.63) is 59.2 Å². The van der Waals surface area contributed by atoms with Crippen LogP contribution in [-0.4, -0.2) is 29.0 Å². The molecule has 1 aliphatic carbocycles. The van der Waals surface area contributed by atoms with E-state index in [1.54, 1.807) is 7.11 Å². The van der Waals surface area contributed by atoms with Crippen LogP contribution in [0.15, 0.2) is 52.1 Å². The van der Waals surface area contributed by atoms with Crippen molar-refractivity contribution in [1.82, 2.24) is 15.5 Å². The summed E-state index contributed by atoms with van der Waals surface area (Å²) in [5.41, 5.74) is 4.82. The van der Waals surface area contributed by atoms with E-state index in [4.69, 9.17) is 9.15 Å². The van der Waals surface area contributed by atoms with Crippen molar-refractivity contribution in [1.29, 1.82) is 0 Å². The molecule has 1 atom stereocenters. The molecule has 1 aliphatic rings. The molecular formula is C23H25N3O3S. The summed E-state index contributed by atoms with van der Waals surface area (Å²) in [6, 6.07) is 13.9. The molecule has 0 fully saturated rings. The van der Waals surface area contributed by atoms with Gasteiger partial charge in [-0.1, -0.05) is 30.0 Å². The third kappa shape index (κ3) is 4.84. The number of benzene rings is 2. The monoisotopic (exact) mass is 423 g/mol. The predicted octanol–water partition coefficient (Wildman–Crippen LogP) is 4.59. The zero-order valence-electron chi connectivity index (χ0n) is 17.2. The van der Waals surface area contributed by atoms with Gasteiger partial charge in [0.2, 0.25) is 11.8 Å². The fourth-order valence-electron chi connectivity index (χ4n) is 3.63. The van der Waals surface area contributed by atoms with Crippen LogP contribution in [-0.2, 0) is 17.6 Å². The molecule has 3 aromatic rings. The van der Waals surface area contributed by atoms with Gasteiger partial charge in [-0.15, -0.1) is 10.2 Å². The molecule has 0 spiro atoms. The number of amides is 1. The highest BCUT2D eigenvalue weighted by Crippen LogP contribution is 2.26. The first-order chi connectivity index (χ1) is 14.6. The third-order valence-corrected chi connectivity index (χ3v) is 6.14. The van der Waals surface area contributed by atoms with Gasteiger partial charge in [0, 0.05) is 5.56 Å². The number of carbonyl (C=O) groups excluding carboxylic acids is 1. The smallest absolute Gasteiger partial charge is 0.277 e. The fraction of sp³-hybridized carbons (Fsp3) is 0.348. The number of aryl methyl sites for hydroxylation is 2. The van der Waals surface area contributed by atoms with E-state index in [-0.39, 0.29) is 17.7 Å². The van der Waals surface area contributed by atoms with E-state index >= 15 is 0 Å². The first-order valence-corrected chi connectivity index (χ1v) is 11.1. The van der Waals surface area contributed by atoms with Crippen LogP contribution in [0.5, 0.6) is 5.75 Å². The summed E-state index contributed by atoms with van der Waals surface area (Å²) in [7, 11) is 1.62. The van der Waals surface area contributed by atoms with E-state index in [1.807, 2.05) is 31.2 Å². The van der Waals surface area contributed by atoms with E-state index in [2.05, 4.69) is 33.7 Å². The summed E-state index contributed by atoms with van der Waals surface area (Å²) in [4.78, 5) is 12.4. The minimum Gasteiger partial charge on any atom is -0.497 e. The number of rotatable bonds is 7. The lowest BCUT2D eigenvalue weighted by molar-refractivity contribution is -0.119. The SMILES string of the molecule is COc1ccc(-c2nnc(SCC(=O)N[C@@H](C)c3ccc4c(c3)CCCC4)o2)cc1. The van der Waals surface area contributed by atoms with Crippen molar-refractivity contribution in [2.24, 2.45) is 0 Å². The Hall–Kier alpha value is -2.80. The normalized spacial score (nSPS) is 14.1. The molecule has 30 heavy (non-hydrogen) atoms. The lowest BCUT2D eigenvalue weighted by Gasteiger charge is -2.20. The molecule has 1 heterocycles. The molecule has 0 bridgehead atoms. The van der Waals surface area contributed by atoms with Crippen molar-refractivity contribution in [3.8, 4) is 17.2 Å². The van der Waals surface area contributed by atoms with Crippen LogP contribution in [0.25, 0.3) is 11.5 Å². The summed E-state index contributed by atoms with van der Waals surface area (Å²) in [6.07, 6.45) is 4.81. The van der Waals surface area contributed by atoms with Gasteiger partial charge in [0.25, 0.3) is 5.22 Å². The highest BCUT2D eigenvalue weighted by atomic mass is 32.2. The van der Waals surface area contributed by atoms with Gasteiger partial charge in [0.1, 0.15) is 5.75 Å². The first kappa shape index (κ1) is 20.5. The molecule has 6 nitrogen and oxygen atoms in total. The Bertz CT molecular complexity index is 1020. The number of aromatic nitrogens is 2. The average molecular weight is 424 g/mol. The van der Waals surface area contributed by atoms with Crippen molar-refractivity contribution in [2.75, 3.05) is 12.9 Å². The van der Waals surface area contributed by atoms with Gasteiger partial charge in [-0.3, -0.25) is 4.79 Å². The summed E-state index contributed by atoms with van der Waals surface area (Å²) in [5, 5.41) is 11.5. The Morgan fingerprint density at radius 3 is 2.67 bits per heavy atom. The minimum absolute atomic E-state index is 0.0390. The largest absolute Gasteiger partial charge is 0.497 e. The van der Waals surface area contributed by atoms with Crippen molar-refractivity contribution in [2.45, 2.75) is 43.9 Å². The fourth-order valence-corrected chi connectivity index (χ4v) is 4.21. The molecule has 4 rings (SSSR count). The van der Waals surface area contributed by atoms with Crippen molar-refractivity contribution >= 4 is 17.7 Å². The number of hydrogen-bond donors (Lipinski definition) is 1. The van der Waals surface area contributed by atoms with E-state index in [9.17, 15) is 4.79 Å². The Kier molecular flexibility index (Phi) is 6.38.